The lowest BCUT2D eigenvalue weighted by Crippen LogP contribution is -2.29. The van der Waals surface area contributed by atoms with E-state index >= 15 is 0 Å². The van der Waals surface area contributed by atoms with E-state index in [1.54, 1.807) is 18.2 Å². The third-order valence-electron chi connectivity index (χ3n) is 2.83. The molecule has 0 bridgehead atoms. The molecule has 5 heteroatoms. The number of amides is 1. The summed E-state index contributed by atoms with van der Waals surface area (Å²) in [6, 6.07) is 13.7. The summed E-state index contributed by atoms with van der Waals surface area (Å²) < 4.78 is 19.8. The van der Waals surface area contributed by atoms with E-state index in [1.165, 1.54) is 6.07 Å². The number of halogens is 2. The molecule has 2 rings (SSSR count). The number of hydrogen-bond donors (Lipinski definition) is 1. The van der Waals surface area contributed by atoms with Crippen LogP contribution in [0.5, 0.6) is 5.75 Å². The number of para-hydroxylation sites is 1. The largest absolute Gasteiger partial charge is 0.491 e. The first-order valence-electron chi connectivity index (χ1n) is 6.54. The van der Waals surface area contributed by atoms with E-state index in [-0.39, 0.29) is 18.1 Å². The van der Waals surface area contributed by atoms with E-state index in [1.807, 2.05) is 24.3 Å². The number of benzene rings is 2. The molecule has 1 amide bonds. The van der Waals surface area contributed by atoms with Gasteiger partial charge in [0.05, 0.1) is 17.4 Å². The Bertz CT molecular complexity index is 619. The Balaban J connectivity index is 1.73. The first-order chi connectivity index (χ1) is 10.2. The van der Waals surface area contributed by atoms with Crippen molar-refractivity contribution < 1.29 is 13.9 Å². The molecule has 0 radical (unpaired) electrons. The van der Waals surface area contributed by atoms with Crippen molar-refractivity contribution in [2.24, 2.45) is 0 Å². The van der Waals surface area contributed by atoms with Crippen molar-refractivity contribution in [3.8, 4) is 5.75 Å². The van der Waals surface area contributed by atoms with E-state index in [4.69, 9.17) is 4.74 Å². The molecule has 2 aromatic carbocycles. The molecule has 0 saturated carbocycles. The van der Waals surface area contributed by atoms with Crippen LogP contribution in [0.2, 0.25) is 0 Å². The van der Waals surface area contributed by atoms with Gasteiger partial charge in [-0.15, -0.1) is 0 Å². The standard InChI is InChI=1S/C16H15BrFNO2/c17-13-6-2-4-8-15(13)21-10-9-19-16(20)11-12-5-1-3-7-14(12)18/h1-8H,9-11H2,(H,19,20). The lowest BCUT2D eigenvalue weighted by atomic mass is 10.1. The van der Waals surface area contributed by atoms with E-state index in [2.05, 4.69) is 21.2 Å². The third-order valence-corrected chi connectivity index (χ3v) is 3.48. The summed E-state index contributed by atoms with van der Waals surface area (Å²) in [6.07, 6.45) is 0.0295. The maximum absolute atomic E-state index is 13.4. The van der Waals surface area contributed by atoms with Crippen molar-refractivity contribution in [1.29, 1.82) is 0 Å². The Morgan fingerprint density at radius 1 is 1.14 bits per heavy atom. The van der Waals surface area contributed by atoms with Gasteiger partial charge in [-0.3, -0.25) is 4.79 Å². The minimum Gasteiger partial charge on any atom is -0.491 e. The summed E-state index contributed by atoms with van der Waals surface area (Å²) in [4.78, 5) is 11.7. The quantitative estimate of drug-likeness (QED) is 0.810. The maximum atomic E-state index is 13.4. The molecule has 0 saturated heterocycles. The van der Waals surface area contributed by atoms with Gasteiger partial charge in [0, 0.05) is 0 Å². The minimum atomic E-state index is -0.364. The highest BCUT2D eigenvalue weighted by Gasteiger charge is 2.07. The Morgan fingerprint density at radius 2 is 1.86 bits per heavy atom. The maximum Gasteiger partial charge on any atom is 0.224 e. The summed E-state index contributed by atoms with van der Waals surface area (Å²) in [6.45, 7) is 0.722. The molecule has 0 heterocycles. The molecule has 0 fully saturated rings. The molecule has 0 aliphatic rings. The molecule has 0 aliphatic carbocycles. The molecule has 0 aromatic heterocycles. The molecule has 21 heavy (non-hydrogen) atoms. The first kappa shape index (κ1) is 15.5. The molecule has 3 nitrogen and oxygen atoms in total. The van der Waals surface area contributed by atoms with Crippen LogP contribution in [-0.4, -0.2) is 19.1 Å². The highest BCUT2D eigenvalue weighted by atomic mass is 79.9. The van der Waals surface area contributed by atoms with Gasteiger partial charge in [0.2, 0.25) is 5.91 Å². The van der Waals surface area contributed by atoms with Crippen LogP contribution >= 0.6 is 15.9 Å². The molecule has 0 aliphatic heterocycles. The Labute approximate surface area is 131 Å². The summed E-state index contributed by atoms with van der Waals surface area (Å²) in [5.74, 6) is 0.133. The molecule has 110 valence electrons. The second-order valence-electron chi connectivity index (χ2n) is 4.40. The number of rotatable bonds is 6. The highest BCUT2D eigenvalue weighted by Crippen LogP contribution is 2.23. The van der Waals surface area contributed by atoms with Crippen molar-refractivity contribution >= 4 is 21.8 Å². The Hall–Kier alpha value is -1.88. The second-order valence-corrected chi connectivity index (χ2v) is 5.25. The van der Waals surface area contributed by atoms with Gasteiger partial charge in [0.1, 0.15) is 18.2 Å². The number of nitrogens with one attached hydrogen (secondary N) is 1. The Kier molecular flexibility index (Phi) is 5.75. The van der Waals surface area contributed by atoms with Gasteiger partial charge in [0.25, 0.3) is 0 Å². The van der Waals surface area contributed by atoms with Gasteiger partial charge in [-0.2, -0.15) is 0 Å². The molecule has 0 spiro atoms. The van der Waals surface area contributed by atoms with Crippen molar-refractivity contribution in [3.05, 3.63) is 64.4 Å². The van der Waals surface area contributed by atoms with E-state index in [0.29, 0.717) is 18.7 Å². The number of hydrogen-bond acceptors (Lipinski definition) is 2. The lowest BCUT2D eigenvalue weighted by Gasteiger charge is -2.09. The molecule has 0 unspecified atom stereocenters. The smallest absolute Gasteiger partial charge is 0.224 e. The summed E-state index contributed by atoms with van der Waals surface area (Å²) in [7, 11) is 0. The van der Waals surface area contributed by atoms with Crippen LogP contribution < -0.4 is 10.1 Å². The third kappa shape index (κ3) is 4.86. The lowest BCUT2D eigenvalue weighted by molar-refractivity contribution is -0.120. The van der Waals surface area contributed by atoms with Gasteiger partial charge >= 0.3 is 0 Å². The molecule has 2 aromatic rings. The number of carbonyl (C=O) groups is 1. The zero-order valence-electron chi connectivity index (χ0n) is 11.3. The predicted octanol–water partition coefficient (Wildman–Crippen LogP) is 3.33. The van der Waals surface area contributed by atoms with Gasteiger partial charge < -0.3 is 10.1 Å². The van der Waals surface area contributed by atoms with Crippen molar-refractivity contribution in [2.45, 2.75) is 6.42 Å². The molecular formula is C16H15BrFNO2. The van der Waals surface area contributed by atoms with Crippen molar-refractivity contribution in [3.63, 3.8) is 0 Å². The first-order valence-corrected chi connectivity index (χ1v) is 7.33. The van der Waals surface area contributed by atoms with Crippen molar-refractivity contribution in [1.82, 2.24) is 5.32 Å². The van der Waals surface area contributed by atoms with Crippen LogP contribution in [-0.2, 0) is 11.2 Å². The normalized spacial score (nSPS) is 10.2. The second kappa shape index (κ2) is 7.78. The van der Waals surface area contributed by atoms with Crippen LogP contribution in [0.4, 0.5) is 4.39 Å². The van der Waals surface area contributed by atoms with Gasteiger partial charge in [-0.25, -0.2) is 4.39 Å². The Morgan fingerprint density at radius 3 is 2.62 bits per heavy atom. The van der Waals surface area contributed by atoms with E-state index < -0.39 is 0 Å². The van der Waals surface area contributed by atoms with Crippen LogP contribution in [0.25, 0.3) is 0 Å². The van der Waals surface area contributed by atoms with E-state index in [0.717, 1.165) is 10.2 Å². The average Bonchev–Trinajstić information content (AvgIpc) is 2.48. The predicted molar refractivity (Wildman–Crippen MR) is 82.8 cm³/mol. The molecule has 1 N–H and O–H groups in total. The van der Waals surface area contributed by atoms with Crippen LogP contribution in [0.3, 0.4) is 0 Å². The summed E-state index contributed by atoms with van der Waals surface area (Å²) >= 11 is 3.38. The van der Waals surface area contributed by atoms with E-state index in [9.17, 15) is 9.18 Å². The van der Waals surface area contributed by atoms with Crippen LogP contribution in [0.15, 0.2) is 53.0 Å². The zero-order chi connectivity index (χ0) is 15.1. The number of ether oxygens (including phenoxy) is 1. The van der Waals surface area contributed by atoms with Gasteiger partial charge in [-0.1, -0.05) is 30.3 Å². The van der Waals surface area contributed by atoms with Gasteiger partial charge in [-0.05, 0) is 39.7 Å². The topological polar surface area (TPSA) is 38.3 Å². The van der Waals surface area contributed by atoms with Crippen LogP contribution in [0.1, 0.15) is 5.56 Å². The fourth-order valence-corrected chi connectivity index (χ4v) is 2.19. The molecular weight excluding hydrogens is 337 g/mol. The summed E-state index contributed by atoms with van der Waals surface area (Å²) in [5.41, 5.74) is 0.390. The SMILES string of the molecule is O=C(Cc1ccccc1F)NCCOc1ccccc1Br. The average molecular weight is 352 g/mol. The summed E-state index contributed by atoms with van der Waals surface area (Å²) in [5, 5.41) is 2.70. The fraction of sp³-hybridized carbons (Fsp3) is 0.188. The monoisotopic (exact) mass is 351 g/mol. The van der Waals surface area contributed by atoms with Gasteiger partial charge in [0.15, 0.2) is 0 Å². The fourth-order valence-electron chi connectivity index (χ4n) is 1.79. The zero-order valence-corrected chi connectivity index (χ0v) is 12.9. The highest BCUT2D eigenvalue weighted by molar-refractivity contribution is 9.10. The number of carbonyl (C=O) groups excluding carboxylic acids is 1. The molecule has 0 atom stereocenters. The minimum absolute atomic E-state index is 0.0295. The van der Waals surface area contributed by atoms with Crippen molar-refractivity contribution in [2.75, 3.05) is 13.2 Å². The van der Waals surface area contributed by atoms with Crippen LogP contribution in [0, 0.1) is 5.82 Å².